The van der Waals surface area contributed by atoms with Gasteiger partial charge >= 0.3 is 0 Å². The number of para-hydroxylation sites is 1. The van der Waals surface area contributed by atoms with Crippen LogP contribution in [0.2, 0.25) is 0 Å². The highest BCUT2D eigenvalue weighted by Crippen LogP contribution is 2.27. The minimum Gasteiger partial charge on any atom is -0.504 e. The summed E-state index contributed by atoms with van der Waals surface area (Å²) in [4.78, 5) is 15.8. The van der Waals surface area contributed by atoms with Crippen molar-refractivity contribution < 1.29 is 15.0 Å². The largest absolute Gasteiger partial charge is 0.504 e. The lowest BCUT2D eigenvalue weighted by Gasteiger charge is -2.06. The number of carbonyl (C=O) groups excluding carboxylic acids is 1. The van der Waals surface area contributed by atoms with Gasteiger partial charge in [-0.3, -0.25) is 4.79 Å². The number of nitrogens with one attached hydrogen (secondary N) is 1. The van der Waals surface area contributed by atoms with Gasteiger partial charge in [-0.25, -0.2) is 4.98 Å². The van der Waals surface area contributed by atoms with E-state index in [2.05, 4.69) is 10.3 Å². The summed E-state index contributed by atoms with van der Waals surface area (Å²) in [5.74, 6) is -1.12. The fourth-order valence-corrected chi connectivity index (χ4v) is 2.09. The molecule has 1 aromatic heterocycles. The van der Waals surface area contributed by atoms with E-state index >= 15 is 0 Å². The molecule has 0 saturated carbocycles. The van der Waals surface area contributed by atoms with E-state index in [9.17, 15) is 15.0 Å². The SMILES string of the molecule is O=C(NCCc1nccs1)c1cccc(O)c1O. The van der Waals surface area contributed by atoms with E-state index in [4.69, 9.17) is 0 Å². The van der Waals surface area contributed by atoms with Crippen molar-refractivity contribution in [3.05, 3.63) is 40.3 Å². The van der Waals surface area contributed by atoms with Gasteiger partial charge in [-0.2, -0.15) is 0 Å². The Morgan fingerprint density at radius 2 is 2.22 bits per heavy atom. The molecule has 2 aromatic rings. The van der Waals surface area contributed by atoms with Gasteiger partial charge in [0, 0.05) is 24.5 Å². The molecule has 0 fully saturated rings. The smallest absolute Gasteiger partial charge is 0.255 e. The fourth-order valence-electron chi connectivity index (χ4n) is 1.47. The maximum absolute atomic E-state index is 11.7. The average Bonchev–Trinajstić information content (AvgIpc) is 2.85. The third-order valence-corrected chi connectivity index (χ3v) is 3.21. The molecular weight excluding hydrogens is 252 g/mol. The lowest BCUT2D eigenvalue weighted by Crippen LogP contribution is -2.25. The highest BCUT2D eigenvalue weighted by atomic mass is 32.1. The monoisotopic (exact) mass is 264 g/mol. The fraction of sp³-hybridized carbons (Fsp3) is 0.167. The van der Waals surface area contributed by atoms with E-state index in [0.717, 1.165) is 5.01 Å². The average molecular weight is 264 g/mol. The van der Waals surface area contributed by atoms with Gasteiger partial charge in [0.05, 0.1) is 10.6 Å². The Bertz CT molecular complexity index is 540. The Labute approximate surface area is 108 Å². The second kappa shape index (κ2) is 5.50. The topological polar surface area (TPSA) is 82.5 Å². The van der Waals surface area contributed by atoms with Gasteiger partial charge in [0.1, 0.15) is 0 Å². The quantitative estimate of drug-likeness (QED) is 0.731. The highest BCUT2D eigenvalue weighted by Gasteiger charge is 2.13. The van der Waals surface area contributed by atoms with Crippen LogP contribution in [-0.2, 0) is 6.42 Å². The molecule has 1 aromatic carbocycles. The molecule has 0 saturated heterocycles. The van der Waals surface area contributed by atoms with Crippen molar-refractivity contribution in [2.75, 3.05) is 6.54 Å². The first-order valence-corrected chi connectivity index (χ1v) is 6.24. The zero-order valence-electron chi connectivity index (χ0n) is 9.46. The van der Waals surface area contributed by atoms with Crippen LogP contribution in [0, 0.1) is 0 Å². The van der Waals surface area contributed by atoms with E-state index in [0.29, 0.717) is 13.0 Å². The van der Waals surface area contributed by atoms with E-state index < -0.39 is 11.7 Å². The minimum absolute atomic E-state index is 0.0640. The van der Waals surface area contributed by atoms with Crippen LogP contribution in [0.1, 0.15) is 15.4 Å². The van der Waals surface area contributed by atoms with Gasteiger partial charge in [-0.05, 0) is 12.1 Å². The molecule has 5 nitrogen and oxygen atoms in total. The number of benzene rings is 1. The predicted molar refractivity (Wildman–Crippen MR) is 67.9 cm³/mol. The van der Waals surface area contributed by atoms with E-state index in [1.807, 2.05) is 5.38 Å². The molecule has 0 spiro atoms. The Hall–Kier alpha value is -2.08. The van der Waals surface area contributed by atoms with E-state index in [1.54, 1.807) is 6.20 Å². The van der Waals surface area contributed by atoms with Gasteiger partial charge in [0.15, 0.2) is 11.5 Å². The van der Waals surface area contributed by atoms with Crippen molar-refractivity contribution in [1.82, 2.24) is 10.3 Å². The normalized spacial score (nSPS) is 10.2. The number of aromatic nitrogens is 1. The molecule has 3 N–H and O–H groups in total. The number of nitrogens with zero attached hydrogens (tertiary/aromatic N) is 1. The highest BCUT2D eigenvalue weighted by molar-refractivity contribution is 7.09. The summed E-state index contributed by atoms with van der Waals surface area (Å²) < 4.78 is 0. The van der Waals surface area contributed by atoms with Gasteiger partial charge in [-0.15, -0.1) is 11.3 Å². The number of aromatic hydroxyl groups is 2. The molecule has 0 bridgehead atoms. The van der Waals surface area contributed by atoms with Crippen molar-refractivity contribution in [3.63, 3.8) is 0 Å². The molecule has 1 amide bonds. The first kappa shape index (κ1) is 12.4. The van der Waals surface area contributed by atoms with Crippen LogP contribution in [0.5, 0.6) is 11.5 Å². The van der Waals surface area contributed by atoms with Crippen molar-refractivity contribution >= 4 is 17.2 Å². The first-order valence-electron chi connectivity index (χ1n) is 5.36. The number of hydrogen-bond acceptors (Lipinski definition) is 5. The number of phenols is 2. The molecule has 0 aliphatic carbocycles. The second-order valence-corrected chi connectivity index (χ2v) is 4.58. The van der Waals surface area contributed by atoms with Crippen LogP contribution < -0.4 is 5.32 Å². The van der Waals surface area contributed by atoms with Gasteiger partial charge in [0.25, 0.3) is 5.91 Å². The zero-order chi connectivity index (χ0) is 13.0. The maximum Gasteiger partial charge on any atom is 0.255 e. The third-order valence-electron chi connectivity index (χ3n) is 2.37. The Kier molecular flexibility index (Phi) is 3.78. The third kappa shape index (κ3) is 2.78. The molecule has 0 aliphatic heterocycles. The van der Waals surface area contributed by atoms with Crippen LogP contribution in [0.3, 0.4) is 0 Å². The molecule has 1 heterocycles. The van der Waals surface area contributed by atoms with Crippen molar-refractivity contribution in [2.24, 2.45) is 0 Å². The molecule has 0 aliphatic rings. The molecule has 0 unspecified atom stereocenters. The summed E-state index contributed by atoms with van der Waals surface area (Å²) in [6.07, 6.45) is 2.35. The summed E-state index contributed by atoms with van der Waals surface area (Å²) in [5.41, 5.74) is 0.0640. The predicted octanol–water partition coefficient (Wildman–Crippen LogP) is 1.53. The molecule has 6 heteroatoms. The summed E-state index contributed by atoms with van der Waals surface area (Å²) in [5, 5.41) is 24.3. The number of amides is 1. The van der Waals surface area contributed by atoms with Crippen molar-refractivity contribution in [1.29, 1.82) is 0 Å². The van der Waals surface area contributed by atoms with E-state index in [1.165, 1.54) is 29.5 Å². The zero-order valence-corrected chi connectivity index (χ0v) is 10.3. The van der Waals surface area contributed by atoms with Crippen LogP contribution in [-0.4, -0.2) is 27.6 Å². The lowest BCUT2D eigenvalue weighted by atomic mass is 10.1. The number of rotatable bonds is 4. The van der Waals surface area contributed by atoms with Crippen molar-refractivity contribution in [2.45, 2.75) is 6.42 Å². The maximum atomic E-state index is 11.7. The van der Waals surface area contributed by atoms with Crippen LogP contribution >= 0.6 is 11.3 Å². The number of thiazole rings is 1. The Morgan fingerprint density at radius 1 is 1.39 bits per heavy atom. The Morgan fingerprint density at radius 3 is 2.94 bits per heavy atom. The van der Waals surface area contributed by atoms with Crippen LogP contribution in [0.4, 0.5) is 0 Å². The second-order valence-electron chi connectivity index (χ2n) is 3.61. The molecular formula is C12H12N2O3S. The number of carbonyl (C=O) groups is 1. The number of hydrogen-bond donors (Lipinski definition) is 3. The summed E-state index contributed by atoms with van der Waals surface area (Å²) in [6, 6.07) is 4.28. The van der Waals surface area contributed by atoms with Gasteiger partial charge in [-0.1, -0.05) is 6.07 Å². The van der Waals surface area contributed by atoms with Crippen LogP contribution in [0.25, 0.3) is 0 Å². The van der Waals surface area contributed by atoms with Crippen LogP contribution in [0.15, 0.2) is 29.8 Å². The molecule has 18 heavy (non-hydrogen) atoms. The Balaban J connectivity index is 1.93. The summed E-state index contributed by atoms with van der Waals surface area (Å²) >= 11 is 1.52. The van der Waals surface area contributed by atoms with E-state index in [-0.39, 0.29) is 11.3 Å². The summed E-state index contributed by atoms with van der Waals surface area (Å²) in [6.45, 7) is 0.432. The first-order chi connectivity index (χ1) is 8.68. The standard InChI is InChI=1S/C12H12N2O3S/c15-9-3-1-2-8(11(9)16)12(17)14-5-4-10-13-6-7-18-10/h1-3,6-7,15-16H,4-5H2,(H,14,17). The molecule has 0 atom stereocenters. The molecule has 94 valence electrons. The molecule has 0 radical (unpaired) electrons. The number of phenolic OH excluding ortho intramolecular Hbond substituents is 2. The van der Waals surface area contributed by atoms with Gasteiger partial charge in [0.2, 0.25) is 0 Å². The minimum atomic E-state index is -0.417. The van der Waals surface area contributed by atoms with Crippen molar-refractivity contribution in [3.8, 4) is 11.5 Å². The lowest BCUT2D eigenvalue weighted by molar-refractivity contribution is 0.0951. The van der Waals surface area contributed by atoms with Gasteiger partial charge < -0.3 is 15.5 Å². The molecule has 2 rings (SSSR count). The summed E-state index contributed by atoms with van der Waals surface area (Å²) in [7, 11) is 0.